The topological polar surface area (TPSA) is 74.4 Å². The summed E-state index contributed by atoms with van der Waals surface area (Å²) in [6.45, 7) is 4.15. The van der Waals surface area contributed by atoms with E-state index in [2.05, 4.69) is 4.98 Å². The second-order valence-electron chi connectivity index (χ2n) is 4.85. The molecule has 0 spiro atoms. The lowest BCUT2D eigenvalue weighted by molar-refractivity contribution is -0.151. The zero-order chi connectivity index (χ0) is 15.9. The number of hydrogen-bond donors (Lipinski definition) is 1. The number of carbonyl (C=O) groups is 1. The van der Waals surface area contributed by atoms with Gasteiger partial charge in [-0.3, -0.25) is 0 Å². The van der Waals surface area contributed by atoms with Crippen LogP contribution in [0.4, 0.5) is 5.13 Å². The molecule has 0 aliphatic rings. The third-order valence-electron chi connectivity index (χ3n) is 3.06. The van der Waals surface area contributed by atoms with E-state index in [0.29, 0.717) is 17.5 Å². The van der Waals surface area contributed by atoms with Crippen LogP contribution in [0.5, 0.6) is 5.75 Å². The van der Waals surface area contributed by atoms with Crippen molar-refractivity contribution in [2.24, 2.45) is 0 Å². The number of para-hydroxylation sites is 1. The van der Waals surface area contributed by atoms with Crippen molar-refractivity contribution in [3.63, 3.8) is 0 Å². The summed E-state index contributed by atoms with van der Waals surface area (Å²) in [6.07, 6.45) is 1.16. The van der Waals surface area contributed by atoms with E-state index < -0.39 is 6.10 Å². The summed E-state index contributed by atoms with van der Waals surface area (Å²) < 4.78 is 10.9. The van der Waals surface area contributed by atoms with E-state index in [0.717, 1.165) is 24.1 Å². The van der Waals surface area contributed by atoms with Crippen molar-refractivity contribution >= 4 is 22.4 Å². The molecule has 1 atom stereocenters. The quantitative estimate of drug-likeness (QED) is 0.624. The molecule has 0 amide bonds. The number of anilines is 1. The largest absolute Gasteiger partial charge is 0.478 e. The number of esters is 1. The van der Waals surface area contributed by atoms with Crippen molar-refractivity contribution in [2.45, 2.75) is 32.8 Å². The monoisotopic (exact) mass is 320 g/mol. The Labute approximate surface area is 134 Å². The minimum atomic E-state index is -0.672. The molecule has 5 nitrogen and oxygen atoms in total. The average molecular weight is 320 g/mol. The lowest BCUT2D eigenvalue weighted by Crippen LogP contribution is -2.26. The van der Waals surface area contributed by atoms with Crippen LogP contribution in [0.2, 0.25) is 0 Å². The predicted octanol–water partition coefficient (Wildman–Crippen LogP) is 3.50. The zero-order valence-corrected chi connectivity index (χ0v) is 13.6. The van der Waals surface area contributed by atoms with Crippen molar-refractivity contribution < 1.29 is 14.3 Å². The number of nitrogen functional groups attached to an aromatic ring is 1. The minimum absolute atomic E-state index is 0.360. The molecule has 1 aromatic carbocycles. The Kier molecular flexibility index (Phi) is 5.77. The summed E-state index contributed by atoms with van der Waals surface area (Å²) in [7, 11) is 0. The number of benzene rings is 1. The molecule has 1 aromatic heterocycles. The van der Waals surface area contributed by atoms with Crippen molar-refractivity contribution in [1.82, 2.24) is 4.98 Å². The van der Waals surface area contributed by atoms with Crippen LogP contribution in [-0.2, 0) is 9.53 Å². The fourth-order valence-electron chi connectivity index (χ4n) is 1.87. The molecule has 22 heavy (non-hydrogen) atoms. The van der Waals surface area contributed by atoms with E-state index in [4.69, 9.17) is 15.2 Å². The van der Waals surface area contributed by atoms with E-state index in [-0.39, 0.29) is 5.97 Å². The number of rotatable bonds is 7. The number of unbranched alkanes of at least 4 members (excludes halogenated alkanes) is 1. The smallest absolute Gasteiger partial charge is 0.347 e. The van der Waals surface area contributed by atoms with Gasteiger partial charge in [-0.2, -0.15) is 0 Å². The number of nitrogens with two attached hydrogens (primary N) is 1. The lowest BCUT2D eigenvalue weighted by atomic mass is 10.1. The van der Waals surface area contributed by atoms with Gasteiger partial charge in [0.15, 0.2) is 11.2 Å². The number of hydrogen-bond acceptors (Lipinski definition) is 6. The highest BCUT2D eigenvalue weighted by Crippen LogP contribution is 2.31. The van der Waals surface area contributed by atoms with Gasteiger partial charge in [-0.25, -0.2) is 9.78 Å². The van der Waals surface area contributed by atoms with E-state index in [1.165, 1.54) is 11.3 Å². The number of nitrogens with zero attached hydrogens (tertiary/aromatic N) is 1. The van der Waals surface area contributed by atoms with Gasteiger partial charge < -0.3 is 15.2 Å². The van der Waals surface area contributed by atoms with Crippen molar-refractivity contribution in [1.29, 1.82) is 0 Å². The van der Waals surface area contributed by atoms with Gasteiger partial charge in [0, 0.05) is 10.9 Å². The summed E-state index contributed by atoms with van der Waals surface area (Å²) in [5, 5.41) is 2.36. The van der Waals surface area contributed by atoms with Crippen LogP contribution >= 0.6 is 11.3 Å². The molecule has 1 unspecified atom stereocenters. The summed E-state index contributed by atoms with van der Waals surface area (Å²) >= 11 is 1.37. The molecule has 6 heteroatoms. The first-order chi connectivity index (χ1) is 10.6. The second kappa shape index (κ2) is 7.79. The molecule has 1 heterocycles. The predicted molar refractivity (Wildman–Crippen MR) is 87.9 cm³/mol. The molecular weight excluding hydrogens is 300 g/mol. The van der Waals surface area contributed by atoms with Gasteiger partial charge >= 0.3 is 5.97 Å². The summed E-state index contributed by atoms with van der Waals surface area (Å²) in [5.41, 5.74) is 7.23. The fraction of sp³-hybridized carbons (Fsp3) is 0.375. The SMILES string of the molecule is CCCCOC(=O)C(C)Oc1ccccc1-c1csc(N)n1. The minimum Gasteiger partial charge on any atom is -0.478 e. The Morgan fingerprint density at radius 1 is 1.41 bits per heavy atom. The molecule has 0 radical (unpaired) electrons. The van der Waals surface area contributed by atoms with Crippen LogP contribution in [0.15, 0.2) is 29.6 Å². The van der Waals surface area contributed by atoms with Crippen molar-refractivity contribution in [3.05, 3.63) is 29.6 Å². The zero-order valence-electron chi connectivity index (χ0n) is 12.7. The van der Waals surface area contributed by atoms with Gasteiger partial charge in [0.25, 0.3) is 0 Å². The maximum atomic E-state index is 11.9. The summed E-state index contributed by atoms with van der Waals surface area (Å²) in [4.78, 5) is 16.1. The summed E-state index contributed by atoms with van der Waals surface area (Å²) in [6, 6.07) is 7.44. The number of thiazole rings is 1. The first-order valence-electron chi connectivity index (χ1n) is 7.25. The highest BCUT2D eigenvalue weighted by atomic mass is 32.1. The van der Waals surface area contributed by atoms with Gasteiger partial charge in [0.2, 0.25) is 0 Å². The Balaban J connectivity index is 2.08. The highest BCUT2D eigenvalue weighted by Gasteiger charge is 2.18. The number of carbonyl (C=O) groups excluding carboxylic acids is 1. The van der Waals surface area contributed by atoms with Gasteiger partial charge in [0.05, 0.1) is 12.3 Å². The van der Waals surface area contributed by atoms with Crippen LogP contribution in [0.1, 0.15) is 26.7 Å². The molecule has 0 bridgehead atoms. The summed E-state index contributed by atoms with van der Waals surface area (Å²) in [5.74, 6) is 0.230. The second-order valence-corrected chi connectivity index (χ2v) is 5.74. The molecule has 0 aliphatic carbocycles. The fourth-order valence-corrected chi connectivity index (χ4v) is 2.43. The Morgan fingerprint density at radius 2 is 2.18 bits per heavy atom. The first-order valence-corrected chi connectivity index (χ1v) is 8.13. The van der Waals surface area contributed by atoms with Crippen molar-refractivity contribution in [2.75, 3.05) is 12.3 Å². The van der Waals surface area contributed by atoms with E-state index in [1.807, 2.05) is 30.5 Å². The normalized spacial score (nSPS) is 11.9. The van der Waals surface area contributed by atoms with Crippen LogP contribution in [-0.4, -0.2) is 23.7 Å². The molecular formula is C16H20N2O3S. The van der Waals surface area contributed by atoms with E-state index in [1.54, 1.807) is 13.0 Å². The third kappa shape index (κ3) is 4.21. The van der Waals surface area contributed by atoms with Crippen LogP contribution in [0.3, 0.4) is 0 Å². The Morgan fingerprint density at radius 3 is 2.86 bits per heavy atom. The molecule has 0 aliphatic heterocycles. The first kappa shape index (κ1) is 16.3. The van der Waals surface area contributed by atoms with Gasteiger partial charge in [-0.1, -0.05) is 25.5 Å². The maximum Gasteiger partial charge on any atom is 0.347 e. The highest BCUT2D eigenvalue weighted by molar-refractivity contribution is 7.13. The van der Waals surface area contributed by atoms with Crippen LogP contribution < -0.4 is 10.5 Å². The number of ether oxygens (including phenoxy) is 2. The molecule has 2 N–H and O–H groups in total. The van der Waals surface area contributed by atoms with E-state index in [9.17, 15) is 4.79 Å². The van der Waals surface area contributed by atoms with Crippen LogP contribution in [0.25, 0.3) is 11.3 Å². The van der Waals surface area contributed by atoms with Gasteiger partial charge in [0.1, 0.15) is 5.75 Å². The van der Waals surface area contributed by atoms with Gasteiger partial charge in [-0.05, 0) is 25.5 Å². The molecule has 2 aromatic rings. The molecule has 0 saturated carbocycles. The Bertz CT molecular complexity index is 627. The van der Waals surface area contributed by atoms with E-state index >= 15 is 0 Å². The van der Waals surface area contributed by atoms with Crippen LogP contribution in [0, 0.1) is 0 Å². The molecule has 118 valence electrons. The van der Waals surface area contributed by atoms with Gasteiger partial charge in [-0.15, -0.1) is 11.3 Å². The Hall–Kier alpha value is -2.08. The number of aromatic nitrogens is 1. The molecule has 2 rings (SSSR count). The standard InChI is InChI=1S/C16H20N2O3S/c1-3-4-9-20-15(19)11(2)21-14-8-6-5-7-12(14)13-10-22-16(17)18-13/h5-8,10-11H,3-4,9H2,1-2H3,(H2,17,18). The third-order valence-corrected chi connectivity index (χ3v) is 3.74. The van der Waals surface area contributed by atoms with Crippen molar-refractivity contribution in [3.8, 4) is 17.0 Å². The molecule has 0 saturated heterocycles. The maximum absolute atomic E-state index is 11.9. The lowest BCUT2D eigenvalue weighted by Gasteiger charge is -2.16. The average Bonchev–Trinajstić information content (AvgIpc) is 2.94. The molecule has 0 fully saturated rings.